The molecule has 0 amide bonds. The van der Waals surface area contributed by atoms with E-state index in [1.54, 1.807) is 12.1 Å². The lowest BCUT2D eigenvalue weighted by molar-refractivity contribution is -0.109. The van der Waals surface area contributed by atoms with Crippen molar-refractivity contribution >= 4 is 21.5 Å². The molecule has 0 atom stereocenters. The fourth-order valence-corrected chi connectivity index (χ4v) is 2.43. The van der Waals surface area contributed by atoms with Gasteiger partial charge in [-0.2, -0.15) is 31.6 Å². The van der Waals surface area contributed by atoms with E-state index in [0.29, 0.717) is 0 Å². The minimum atomic E-state index is -5.46. The molecule has 1 aromatic rings. The summed E-state index contributed by atoms with van der Waals surface area (Å²) < 4.78 is 88.0. The molecule has 24 heavy (non-hydrogen) atoms. The Kier molecular flexibility index (Phi) is 4.63. The molecule has 0 aliphatic heterocycles. The molecule has 1 saturated carbocycles. The van der Waals surface area contributed by atoms with Crippen molar-refractivity contribution in [2.24, 2.45) is 0 Å². The Morgan fingerprint density at radius 1 is 0.875 bits per heavy atom. The van der Waals surface area contributed by atoms with Crippen LogP contribution in [-0.4, -0.2) is 12.4 Å². The SMILES string of the molecule is N#CC(=C1C(=C(F)C(F)(F)F)C1=C(Br)C(F)(F)F)c1ccccc1. The second-order valence-corrected chi connectivity index (χ2v) is 5.39. The maximum Gasteiger partial charge on any atom is 0.443 e. The van der Waals surface area contributed by atoms with E-state index in [1.807, 2.05) is 0 Å². The lowest BCUT2D eigenvalue weighted by atomic mass is 10.1. The summed E-state index contributed by atoms with van der Waals surface area (Å²) in [6, 6.07) is 8.63. The number of nitrogens with zero attached hydrogens (tertiary/aromatic N) is 1. The Labute approximate surface area is 139 Å². The van der Waals surface area contributed by atoms with Crippen molar-refractivity contribution in [1.82, 2.24) is 0 Å². The summed E-state index contributed by atoms with van der Waals surface area (Å²) in [5, 5.41) is 9.14. The Balaban J connectivity index is 2.81. The maximum atomic E-state index is 13.5. The first-order valence-electron chi connectivity index (χ1n) is 6.15. The van der Waals surface area contributed by atoms with Crippen LogP contribution in [-0.2, 0) is 0 Å². The smallest absolute Gasteiger partial charge is 0.201 e. The fraction of sp³-hybridized carbons (Fsp3) is 0.133. The van der Waals surface area contributed by atoms with Gasteiger partial charge in [0.2, 0.25) is 5.83 Å². The van der Waals surface area contributed by atoms with Gasteiger partial charge in [0, 0.05) is 16.7 Å². The summed E-state index contributed by atoms with van der Waals surface area (Å²) in [5.41, 5.74) is -3.35. The van der Waals surface area contributed by atoms with Crippen molar-refractivity contribution in [2.45, 2.75) is 12.4 Å². The molecule has 0 saturated heterocycles. The third kappa shape index (κ3) is 3.38. The molecule has 2 rings (SSSR count). The molecule has 1 aliphatic rings. The Hall–Kier alpha value is -2.08. The van der Waals surface area contributed by atoms with Crippen molar-refractivity contribution in [3.05, 3.63) is 62.9 Å². The summed E-state index contributed by atoms with van der Waals surface area (Å²) in [7, 11) is 0. The molecule has 9 heteroatoms. The van der Waals surface area contributed by atoms with Crippen molar-refractivity contribution in [1.29, 1.82) is 5.26 Å². The number of hydrogen-bond acceptors (Lipinski definition) is 1. The monoisotopic (exact) mass is 411 g/mol. The summed E-state index contributed by atoms with van der Waals surface area (Å²) in [5.74, 6) is -2.67. The summed E-state index contributed by atoms with van der Waals surface area (Å²) in [6.07, 6.45) is -10.5. The van der Waals surface area contributed by atoms with Gasteiger partial charge in [-0.25, -0.2) is 4.39 Å². The van der Waals surface area contributed by atoms with E-state index in [0.717, 1.165) is 0 Å². The molecule has 1 nitrogen and oxygen atoms in total. The van der Waals surface area contributed by atoms with Crippen LogP contribution in [0.2, 0.25) is 0 Å². The maximum absolute atomic E-state index is 13.5. The highest BCUT2D eigenvalue weighted by Crippen LogP contribution is 2.58. The summed E-state index contributed by atoms with van der Waals surface area (Å²) in [6.45, 7) is 0. The van der Waals surface area contributed by atoms with Crippen molar-refractivity contribution in [3.63, 3.8) is 0 Å². The zero-order valence-electron chi connectivity index (χ0n) is 11.4. The van der Waals surface area contributed by atoms with Crippen molar-refractivity contribution < 1.29 is 30.7 Å². The average molecular weight is 412 g/mol. The number of alkyl halides is 6. The first kappa shape index (κ1) is 18.3. The quantitative estimate of drug-likeness (QED) is 0.412. The van der Waals surface area contributed by atoms with Gasteiger partial charge in [-0.1, -0.05) is 30.3 Å². The predicted octanol–water partition coefficient (Wildman–Crippen LogP) is 5.97. The largest absolute Gasteiger partial charge is 0.443 e. The van der Waals surface area contributed by atoms with Crippen LogP contribution in [0.1, 0.15) is 5.56 Å². The lowest BCUT2D eigenvalue weighted by Gasteiger charge is -2.03. The van der Waals surface area contributed by atoms with E-state index in [1.165, 1.54) is 24.3 Å². The van der Waals surface area contributed by atoms with Gasteiger partial charge in [-0.05, 0) is 21.5 Å². The van der Waals surface area contributed by atoms with E-state index in [9.17, 15) is 30.7 Å². The normalized spacial score (nSPS) is 21.1. The zero-order valence-corrected chi connectivity index (χ0v) is 12.9. The number of nitriles is 1. The molecular weight excluding hydrogens is 407 g/mol. The van der Waals surface area contributed by atoms with Crippen LogP contribution in [0, 0.1) is 11.3 Å². The molecule has 126 valence electrons. The van der Waals surface area contributed by atoms with Gasteiger partial charge in [0.25, 0.3) is 0 Å². The molecule has 1 fully saturated rings. The van der Waals surface area contributed by atoms with Crippen LogP contribution < -0.4 is 0 Å². The highest BCUT2D eigenvalue weighted by Gasteiger charge is 2.52. The van der Waals surface area contributed by atoms with Gasteiger partial charge >= 0.3 is 12.4 Å². The molecule has 0 radical (unpaired) electrons. The van der Waals surface area contributed by atoms with Gasteiger partial charge in [0.1, 0.15) is 10.6 Å². The Bertz CT molecular complexity index is 767. The summed E-state index contributed by atoms with van der Waals surface area (Å²) >= 11 is 2.15. The van der Waals surface area contributed by atoms with E-state index in [-0.39, 0.29) is 5.56 Å². The van der Waals surface area contributed by atoms with Crippen molar-refractivity contribution in [3.8, 4) is 6.07 Å². The van der Waals surface area contributed by atoms with Gasteiger partial charge in [-0.3, -0.25) is 0 Å². The van der Waals surface area contributed by atoms with Gasteiger partial charge in [-0.15, -0.1) is 0 Å². The first-order chi connectivity index (χ1) is 11.0. The van der Waals surface area contributed by atoms with Crippen molar-refractivity contribution in [2.75, 3.05) is 0 Å². The molecule has 0 unspecified atom stereocenters. The van der Waals surface area contributed by atoms with Crippen LogP contribution in [0.3, 0.4) is 0 Å². The zero-order chi connectivity index (χ0) is 18.3. The molecular formula is C15H5BrF7N. The topological polar surface area (TPSA) is 23.8 Å². The first-order valence-corrected chi connectivity index (χ1v) is 6.94. The van der Waals surface area contributed by atoms with Crippen LogP contribution in [0.5, 0.6) is 0 Å². The lowest BCUT2D eigenvalue weighted by Crippen LogP contribution is -2.08. The molecule has 1 aliphatic carbocycles. The third-order valence-electron chi connectivity index (χ3n) is 3.05. The van der Waals surface area contributed by atoms with E-state index >= 15 is 0 Å². The second-order valence-electron chi connectivity index (χ2n) is 4.60. The van der Waals surface area contributed by atoms with Crippen LogP contribution in [0.25, 0.3) is 5.57 Å². The number of benzene rings is 1. The predicted molar refractivity (Wildman–Crippen MR) is 75.2 cm³/mol. The van der Waals surface area contributed by atoms with Gasteiger partial charge in [0.15, 0.2) is 0 Å². The number of allylic oxidation sites excluding steroid dienone is 6. The number of hydrogen-bond donors (Lipinski definition) is 0. The second kappa shape index (κ2) is 6.09. The molecule has 1 aromatic carbocycles. The minimum Gasteiger partial charge on any atom is -0.201 e. The molecule has 0 bridgehead atoms. The molecule has 0 spiro atoms. The standard InChI is InChI=1S/C15H5BrF7N/c16-12(14(18,19)20)10-9(11(10)13(17)15(21,22)23)8(6-24)7-4-2-1-3-5-7/h1-5H. The number of rotatable bonds is 1. The minimum absolute atomic E-state index is 0.0833. The highest BCUT2D eigenvalue weighted by molar-refractivity contribution is 9.11. The third-order valence-corrected chi connectivity index (χ3v) is 3.89. The van der Waals surface area contributed by atoms with E-state index in [2.05, 4.69) is 15.9 Å². The summed E-state index contributed by atoms with van der Waals surface area (Å²) in [4.78, 5) is 0. The Morgan fingerprint density at radius 2 is 1.42 bits per heavy atom. The van der Waals surface area contributed by atoms with E-state index in [4.69, 9.17) is 5.26 Å². The average Bonchev–Trinajstić information content (AvgIpc) is 3.20. The molecule has 0 aromatic heterocycles. The Morgan fingerprint density at radius 3 is 1.83 bits per heavy atom. The highest BCUT2D eigenvalue weighted by atomic mass is 79.9. The number of halogens is 8. The van der Waals surface area contributed by atoms with Crippen LogP contribution in [0.15, 0.2) is 57.4 Å². The fourth-order valence-electron chi connectivity index (χ4n) is 2.03. The molecule has 0 heterocycles. The van der Waals surface area contributed by atoms with Crippen LogP contribution >= 0.6 is 15.9 Å². The molecule has 0 N–H and O–H groups in total. The van der Waals surface area contributed by atoms with Gasteiger partial charge in [0.05, 0.1) is 5.57 Å². The van der Waals surface area contributed by atoms with Crippen LogP contribution in [0.4, 0.5) is 30.7 Å². The van der Waals surface area contributed by atoms with Gasteiger partial charge < -0.3 is 0 Å². The van der Waals surface area contributed by atoms with E-state index < -0.39 is 45.0 Å².